The first kappa shape index (κ1) is 59.1. The van der Waals surface area contributed by atoms with Gasteiger partial charge in [0.05, 0.1) is 40.0 Å². The third-order valence-corrected chi connectivity index (χ3v) is 10.6. The molecule has 356 valence electrons. The standard InChI is InChI=1S/C50H86NO10P/c1-6-8-10-11-12-13-14-15-16-17-18-19-20-21-22-27-35-41-50(55)61-48(45-60-62(56,57)59-43-42-51(3,4)5)44-58-49(54)40-34-26-24-23-25-31-37-47(53)39-33-29-28-32-38-46(52)36-30-9-7-2/h9,15-16,24-26,28-33,38-39,46-48,52-53H,6-8,10-14,17-23,27,34-37,40-45H2,1-5H3/p+1/b16-15-,26-24-,29-28-,30-9-,31-25-,38-32+,39-33+/t46-,47+,48-/m1/s1. The third-order valence-electron chi connectivity index (χ3n) is 9.59. The molecular weight excluding hydrogens is 806 g/mol. The van der Waals surface area contributed by atoms with E-state index in [1.54, 1.807) is 36.5 Å². The summed E-state index contributed by atoms with van der Waals surface area (Å²) in [4.78, 5) is 35.4. The van der Waals surface area contributed by atoms with Gasteiger partial charge in [0, 0.05) is 12.8 Å². The summed E-state index contributed by atoms with van der Waals surface area (Å²) in [5.74, 6) is -0.977. The molecule has 11 nitrogen and oxygen atoms in total. The monoisotopic (exact) mass is 893 g/mol. The molecular formula is C50H87NO10P+. The number of carbonyl (C=O) groups is 2. The van der Waals surface area contributed by atoms with Gasteiger partial charge >= 0.3 is 19.8 Å². The number of phosphoric ester groups is 1. The summed E-state index contributed by atoms with van der Waals surface area (Å²) in [7, 11) is 1.36. The predicted octanol–water partition coefficient (Wildman–Crippen LogP) is 11.5. The number of carbonyl (C=O) groups excluding carboxylic acids is 2. The molecule has 62 heavy (non-hydrogen) atoms. The molecule has 0 aromatic heterocycles. The lowest BCUT2D eigenvalue weighted by Gasteiger charge is -2.24. The van der Waals surface area contributed by atoms with Gasteiger partial charge in [-0.15, -0.1) is 0 Å². The van der Waals surface area contributed by atoms with Crippen LogP contribution in [0.15, 0.2) is 85.1 Å². The molecule has 0 heterocycles. The SMILES string of the molecule is CC/C=C\C[C@@H](O)/C=C/C=C\C=C\[C@@H](O)C/C=C\C/C=C\CCC(=O)OC[C@H](COP(=O)(O)OCC[N+](C)(C)C)OC(=O)CCCCCCCCC/C=C\CCCCCCCC. The van der Waals surface area contributed by atoms with Crippen molar-refractivity contribution >= 4 is 19.8 Å². The maximum Gasteiger partial charge on any atom is 0.472 e. The van der Waals surface area contributed by atoms with Crippen LogP contribution in [-0.2, 0) is 32.7 Å². The normalized spacial score (nSPS) is 15.3. The van der Waals surface area contributed by atoms with Crippen LogP contribution >= 0.6 is 7.82 Å². The lowest BCUT2D eigenvalue weighted by atomic mass is 10.1. The van der Waals surface area contributed by atoms with Gasteiger partial charge in [-0.3, -0.25) is 18.6 Å². The molecule has 0 spiro atoms. The summed E-state index contributed by atoms with van der Waals surface area (Å²) in [5.41, 5.74) is 0. The molecule has 0 amide bonds. The number of hydrogen-bond acceptors (Lipinski definition) is 9. The van der Waals surface area contributed by atoms with Crippen molar-refractivity contribution in [3.63, 3.8) is 0 Å². The summed E-state index contributed by atoms with van der Waals surface area (Å²) < 4.78 is 34.2. The zero-order valence-electron chi connectivity index (χ0n) is 39.3. The average molecular weight is 893 g/mol. The van der Waals surface area contributed by atoms with Gasteiger partial charge in [0.1, 0.15) is 19.8 Å². The highest BCUT2D eigenvalue weighted by Crippen LogP contribution is 2.43. The van der Waals surface area contributed by atoms with Gasteiger partial charge in [0.2, 0.25) is 0 Å². The van der Waals surface area contributed by atoms with Crippen LogP contribution in [0.4, 0.5) is 0 Å². The number of aliphatic hydroxyl groups excluding tert-OH is 2. The van der Waals surface area contributed by atoms with Crippen molar-refractivity contribution in [3.8, 4) is 0 Å². The van der Waals surface area contributed by atoms with Gasteiger partial charge in [-0.1, -0.05) is 163 Å². The number of esters is 2. The zero-order valence-corrected chi connectivity index (χ0v) is 40.2. The maximum absolute atomic E-state index is 12.7. The molecule has 0 aliphatic rings. The van der Waals surface area contributed by atoms with E-state index in [4.69, 9.17) is 18.5 Å². The van der Waals surface area contributed by atoms with Crippen molar-refractivity contribution in [1.82, 2.24) is 0 Å². The number of ether oxygens (including phenoxy) is 2. The fourth-order valence-corrected chi connectivity index (χ4v) is 6.60. The molecule has 0 aliphatic heterocycles. The maximum atomic E-state index is 12.7. The van der Waals surface area contributed by atoms with Crippen molar-refractivity contribution < 1.29 is 52.3 Å². The van der Waals surface area contributed by atoms with E-state index < -0.39 is 44.7 Å². The molecule has 0 bridgehead atoms. The second-order valence-electron chi connectivity index (χ2n) is 16.8. The molecule has 12 heteroatoms. The molecule has 0 aromatic carbocycles. The third kappa shape index (κ3) is 43.7. The quantitative estimate of drug-likeness (QED) is 0.0135. The van der Waals surface area contributed by atoms with Crippen molar-refractivity contribution in [1.29, 1.82) is 0 Å². The molecule has 0 radical (unpaired) electrons. The van der Waals surface area contributed by atoms with Crippen molar-refractivity contribution in [3.05, 3.63) is 85.1 Å². The van der Waals surface area contributed by atoms with Gasteiger partial charge < -0.3 is 29.1 Å². The van der Waals surface area contributed by atoms with E-state index in [9.17, 15) is 29.3 Å². The highest BCUT2D eigenvalue weighted by molar-refractivity contribution is 7.47. The first-order valence-corrected chi connectivity index (χ1v) is 25.0. The Bertz CT molecular complexity index is 1360. The number of nitrogens with zero attached hydrogens (tertiary/aromatic N) is 1. The minimum atomic E-state index is -4.42. The predicted molar refractivity (Wildman–Crippen MR) is 254 cm³/mol. The molecule has 0 saturated carbocycles. The number of hydrogen-bond donors (Lipinski definition) is 3. The zero-order chi connectivity index (χ0) is 46.0. The summed E-state index contributed by atoms with van der Waals surface area (Å²) in [6, 6.07) is 0. The smallest absolute Gasteiger partial charge is 0.462 e. The van der Waals surface area contributed by atoms with Crippen LogP contribution < -0.4 is 0 Å². The van der Waals surface area contributed by atoms with E-state index in [0.717, 1.165) is 32.1 Å². The van der Waals surface area contributed by atoms with E-state index in [0.29, 0.717) is 43.1 Å². The molecule has 1 unspecified atom stereocenters. The first-order valence-electron chi connectivity index (χ1n) is 23.5. The Balaban J connectivity index is 4.56. The Labute approximate surface area is 376 Å². The Morgan fingerprint density at radius 2 is 1.13 bits per heavy atom. The van der Waals surface area contributed by atoms with E-state index in [1.165, 1.54) is 64.2 Å². The van der Waals surface area contributed by atoms with E-state index in [-0.39, 0.29) is 26.1 Å². The number of allylic oxidation sites excluding steroid dienone is 10. The lowest BCUT2D eigenvalue weighted by molar-refractivity contribution is -0.870. The summed E-state index contributed by atoms with van der Waals surface area (Å²) in [6.45, 7) is 4.01. The van der Waals surface area contributed by atoms with Crippen LogP contribution in [0.5, 0.6) is 0 Å². The minimum Gasteiger partial charge on any atom is -0.462 e. The van der Waals surface area contributed by atoms with Gasteiger partial charge in [-0.25, -0.2) is 4.57 Å². The van der Waals surface area contributed by atoms with Crippen LogP contribution in [0.1, 0.15) is 155 Å². The van der Waals surface area contributed by atoms with E-state index in [1.807, 2.05) is 57.6 Å². The minimum absolute atomic E-state index is 0.00264. The molecule has 0 rings (SSSR count). The number of phosphoric acid groups is 1. The van der Waals surface area contributed by atoms with Crippen molar-refractivity contribution in [2.75, 3.05) is 47.5 Å². The fourth-order valence-electron chi connectivity index (χ4n) is 5.86. The Morgan fingerprint density at radius 1 is 0.597 bits per heavy atom. The largest absolute Gasteiger partial charge is 0.472 e. The molecule has 0 aliphatic carbocycles. The van der Waals surface area contributed by atoms with Crippen LogP contribution in [0, 0.1) is 0 Å². The average Bonchev–Trinajstić information content (AvgIpc) is 3.21. The highest BCUT2D eigenvalue weighted by Gasteiger charge is 2.27. The number of aliphatic hydroxyl groups is 2. The number of quaternary nitrogens is 1. The van der Waals surface area contributed by atoms with Crippen LogP contribution in [0.2, 0.25) is 0 Å². The molecule has 4 atom stereocenters. The summed E-state index contributed by atoms with van der Waals surface area (Å²) in [5, 5.41) is 20.0. The number of unbranched alkanes of at least 4 members (excludes halogenated alkanes) is 13. The van der Waals surface area contributed by atoms with Gasteiger partial charge in [-0.2, -0.15) is 0 Å². The highest BCUT2D eigenvalue weighted by atomic mass is 31.2. The Morgan fingerprint density at radius 3 is 1.71 bits per heavy atom. The van der Waals surface area contributed by atoms with Gasteiger partial charge in [-0.05, 0) is 64.2 Å². The summed E-state index contributed by atoms with van der Waals surface area (Å²) in [6.07, 6.45) is 45.6. The second kappa shape index (κ2) is 40.9. The first-order chi connectivity index (χ1) is 29.8. The molecule has 0 fully saturated rings. The molecule has 0 saturated heterocycles. The fraction of sp³-hybridized carbons (Fsp3) is 0.680. The summed E-state index contributed by atoms with van der Waals surface area (Å²) >= 11 is 0. The van der Waals surface area contributed by atoms with Crippen molar-refractivity contribution in [2.24, 2.45) is 0 Å². The Hall–Kier alpha value is -2.89. The van der Waals surface area contributed by atoms with Crippen molar-refractivity contribution in [2.45, 2.75) is 173 Å². The van der Waals surface area contributed by atoms with E-state index >= 15 is 0 Å². The molecule has 3 N–H and O–H groups in total. The Kier molecular flexibility index (Phi) is 39.0. The van der Waals surface area contributed by atoms with Gasteiger partial charge in [0.15, 0.2) is 6.10 Å². The van der Waals surface area contributed by atoms with Crippen LogP contribution in [-0.4, -0.2) is 97.3 Å². The lowest BCUT2D eigenvalue weighted by Crippen LogP contribution is -2.37. The number of rotatable bonds is 41. The van der Waals surface area contributed by atoms with Crippen LogP contribution in [0.25, 0.3) is 0 Å². The topological polar surface area (TPSA) is 149 Å². The van der Waals surface area contributed by atoms with Gasteiger partial charge in [0.25, 0.3) is 0 Å². The van der Waals surface area contributed by atoms with Crippen LogP contribution in [0.3, 0.4) is 0 Å². The number of likely N-dealkylation sites (N-methyl/N-ethyl adjacent to an activating group) is 1. The molecule has 0 aromatic rings. The second-order valence-corrected chi connectivity index (χ2v) is 18.3. The van der Waals surface area contributed by atoms with E-state index in [2.05, 4.69) is 26.0 Å².